The third kappa shape index (κ3) is 4.18. The first-order chi connectivity index (χ1) is 9.74. The molecule has 2 aromatic rings. The highest BCUT2D eigenvalue weighted by Gasteiger charge is 2.21. The Bertz CT molecular complexity index is 509. The molecule has 0 aliphatic heterocycles. The van der Waals surface area contributed by atoms with E-state index in [0.717, 1.165) is 19.4 Å². The van der Waals surface area contributed by atoms with Gasteiger partial charge in [0.2, 0.25) is 0 Å². The van der Waals surface area contributed by atoms with Crippen molar-refractivity contribution in [1.82, 2.24) is 5.32 Å². The maximum atomic E-state index is 3.68. The number of halogens is 1. The van der Waals surface area contributed by atoms with Gasteiger partial charge in [0.1, 0.15) is 0 Å². The molecule has 1 aromatic heterocycles. The van der Waals surface area contributed by atoms with E-state index in [4.69, 9.17) is 0 Å². The van der Waals surface area contributed by atoms with Gasteiger partial charge in [0.25, 0.3) is 0 Å². The monoisotopic (exact) mass is 351 g/mol. The van der Waals surface area contributed by atoms with Crippen molar-refractivity contribution in [3.8, 4) is 0 Å². The van der Waals surface area contributed by atoms with Gasteiger partial charge in [-0.1, -0.05) is 44.2 Å². The lowest BCUT2D eigenvalue weighted by molar-refractivity contribution is 0.430. The van der Waals surface area contributed by atoms with Crippen molar-refractivity contribution in [2.75, 3.05) is 6.54 Å². The van der Waals surface area contributed by atoms with Crippen molar-refractivity contribution < 1.29 is 0 Å². The number of hydrogen-bond donors (Lipinski definition) is 1. The van der Waals surface area contributed by atoms with E-state index in [0.29, 0.717) is 12.0 Å². The lowest BCUT2D eigenvalue weighted by Gasteiger charge is -2.27. The van der Waals surface area contributed by atoms with Gasteiger partial charge in [-0.15, -0.1) is 11.3 Å². The summed E-state index contributed by atoms with van der Waals surface area (Å²) >= 11 is 5.39. The SMILES string of the molecule is CCNC(Cc1cc(Br)cs1)C(CC)c1ccccc1. The van der Waals surface area contributed by atoms with Gasteiger partial charge in [-0.2, -0.15) is 0 Å². The van der Waals surface area contributed by atoms with E-state index in [2.05, 4.69) is 76.9 Å². The topological polar surface area (TPSA) is 12.0 Å². The lowest BCUT2D eigenvalue weighted by atomic mass is 9.87. The molecule has 20 heavy (non-hydrogen) atoms. The van der Waals surface area contributed by atoms with Crippen molar-refractivity contribution in [2.24, 2.45) is 0 Å². The molecule has 1 nitrogen and oxygen atoms in total. The second kappa shape index (κ2) is 7.96. The van der Waals surface area contributed by atoms with Gasteiger partial charge in [0.15, 0.2) is 0 Å². The smallest absolute Gasteiger partial charge is 0.0285 e. The van der Waals surface area contributed by atoms with Crippen LogP contribution >= 0.6 is 27.3 Å². The van der Waals surface area contributed by atoms with Gasteiger partial charge in [-0.05, 0) is 52.9 Å². The second-order valence-electron chi connectivity index (χ2n) is 5.02. The van der Waals surface area contributed by atoms with Crippen LogP contribution in [0.1, 0.15) is 36.6 Å². The first kappa shape index (κ1) is 15.7. The number of benzene rings is 1. The first-order valence-electron chi connectivity index (χ1n) is 7.25. The van der Waals surface area contributed by atoms with Gasteiger partial charge in [-0.3, -0.25) is 0 Å². The molecule has 2 atom stereocenters. The Morgan fingerprint density at radius 2 is 1.95 bits per heavy atom. The van der Waals surface area contributed by atoms with Crippen LogP contribution < -0.4 is 5.32 Å². The van der Waals surface area contributed by atoms with Gasteiger partial charge in [0.05, 0.1) is 0 Å². The van der Waals surface area contributed by atoms with Crippen LogP contribution in [-0.2, 0) is 6.42 Å². The zero-order chi connectivity index (χ0) is 14.4. The van der Waals surface area contributed by atoms with Gasteiger partial charge in [0, 0.05) is 20.8 Å². The highest BCUT2D eigenvalue weighted by molar-refractivity contribution is 9.10. The van der Waals surface area contributed by atoms with Crippen molar-refractivity contribution >= 4 is 27.3 Å². The van der Waals surface area contributed by atoms with E-state index in [-0.39, 0.29) is 0 Å². The van der Waals surface area contributed by atoms with Crippen LogP contribution in [0.3, 0.4) is 0 Å². The van der Waals surface area contributed by atoms with Crippen LogP contribution in [0.15, 0.2) is 46.3 Å². The summed E-state index contributed by atoms with van der Waals surface area (Å²) in [5.74, 6) is 0.567. The van der Waals surface area contributed by atoms with Crippen LogP contribution in [0.5, 0.6) is 0 Å². The summed E-state index contributed by atoms with van der Waals surface area (Å²) in [5, 5.41) is 5.85. The zero-order valence-corrected chi connectivity index (χ0v) is 14.5. The predicted octanol–water partition coefficient (Wildman–Crippen LogP) is 5.23. The van der Waals surface area contributed by atoms with E-state index >= 15 is 0 Å². The molecule has 108 valence electrons. The van der Waals surface area contributed by atoms with Gasteiger partial charge < -0.3 is 5.32 Å². The molecule has 0 spiro atoms. The van der Waals surface area contributed by atoms with Crippen LogP contribution in [-0.4, -0.2) is 12.6 Å². The molecule has 0 aliphatic carbocycles. The third-order valence-corrected chi connectivity index (χ3v) is 5.38. The lowest BCUT2D eigenvalue weighted by Crippen LogP contribution is -2.36. The minimum Gasteiger partial charge on any atom is -0.313 e. The molecule has 0 bridgehead atoms. The molecule has 2 rings (SSSR count). The molecule has 0 saturated heterocycles. The Kier molecular flexibility index (Phi) is 6.27. The molecule has 0 fully saturated rings. The third-order valence-electron chi connectivity index (χ3n) is 3.66. The number of rotatable bonds is 7. The fourth-order valence-corrected chi connectivity index (χ4v) is 4.26. The van der Waals surface area contributed by atoms with Gasteiger partial charge >= 0.3 is 0 Å². The summed E-state index contributed by atoms with van der Waals surface area (Å²) in [7, 11) is 0. The molecule has 1 heterocycles. The van der Waals surface area contributed by atoms with E-state index in [9.17, 15) is 0 Å². The largest absolute Gasteiger partial charge is 0.313 e. The average molecular weight is 352 g/mol. The Morgan fingerprint density at radius 1 is 1.20 bits per heavy atom. The van der Waals surface area contributed by atoms with Crippen LogP contribution in [0.4, 0.5) is 0 Å². The predicted molar refractivity (Wildman–Crippen MR) is 92.7 cm³/mol. The fraction of sp³-hybridized carbons (Fsp3) is 0.412. The van der Waals surface area contributed by atoms with Gasteiger partial charge in [-0.25, -0.2) is 0 Å². The molecule has 0 radical (unpaired) electrons. The second-order valence-corrected chi connectivity index (χ2v) is 6.94. The summed E-state index contributed by atoms with van der Waals surface area (Å²) < 4.78 is 1.19. The minimum absolute atomic E-state index is 0.498. The molecule has 0 aliphatic rings. The normalized spacial score (nSPS) is 14.2. The van der Waals surface area contributed by atoms with E-state index in [1.165, 1.54) is 14.9 Å². The number of nitrogens with one attached hydrogen (secondary N) is 1. The number of likely N-dealkylation sites (N-methyl/N-ethyl adjacent to an activating group) is 1. The standard InChI is InChI=1S/C17H22BrNS/c1-3-16(13-8-6-5-7-9-13)17(19-4-2)11-15-10-14(18)12-20-15/h5-10,12,16-17,19H,3-4,11H2,1-2H3. The van der Waals surface area contributed by atoms with Crippen molar-refractivity contribution in [1.29, 1.82) is 0 Å². The van der Waals surface area contributed by atoms with Crippen LogP contribution in [0.2, 0.25) is 0 Å². The Hall–Kier alpha value is -0.640. The summed E-state index contributed by atoms with van der Waals surface area (Å²) in [6.07, 6.45) is 2.26. The average Bonchev–Trinajstić information content (AvgIpc) is 2.86. The van der Waals surface area contributed by atoms with Crippen molar-refractivity contribution in [3.63, 3.8) is 0 Å². The molecule has 1 aromatic carbocycles. The Balaban J connectivity index is 2.17. The maximum absolute atomic E-state index is 3.68. The molecule has 2 unspecified atom stereocenters. The maximum Gasteiger partial charge on any atom is 0.0285 e. The number of thiophene rings is 1. The first-order valence-corrected chi connectivity index (χ1v) is 8.93. The Morgan fingerprint density at radius 3 is 2.50 bits per heavy atom. The number of hydrogen-bond acceptors (Lipinski definition) is 2. The highest BCUT2D eigenvalue weighted by atomic mass is 79.9. The van der Waals surface area contributed by atoms with Crippen molar-refractivity contribution in [2.45, 2.75) is 38.6 Å². The highest BCUT2D eigenvalue weighted by Crippen LogP contribution is 2.28. The molecule has 1 N–H and O–H groups in total. The minimum atomic E-state index is 0.498. The molecule has 0 amide bonds. The molecule has 0 saturated carbocycles. The van der Waals surface area contributed by atoms with Crippen LogP contribution in [0.25, 0.3) is 0 Å². The van der Waals surface area contributed by atoms with Crippen LogP contribution in [0, 0.1) is 0 Å². The molecular formula is C17H22BrNS. The van der Waals surface area contributed by atoms with E-state index < -0.39 is 0 Å². The summed E-state index contributed by atoms with van der Waals surface area (Å²) in [6.45, 7) is 5.49. The Labute approximate surface area is 134 Å². The molecular weight excluding hydrogens is 330 g/mol. The quantitative estimate of drug-likeness (QED) is 0.720. The van der Waals surface area contributed by atoms with Crippen molar-refractivity contribution in [3.05, 3.63) is 56.7 Å². The van der Waals surface area contributed by atoms with E-state index in [1.807, 2.05) is 11.3 Å². The summed E-state index contributed by atoms with van der Waals surface area (Å²) in [4.78, 5) is 1.44. The molecule has 3 heteroatoms. The fourth-order valence-electron chi connectivity index (χ4n) is 2.75. The summed E-state index contributed by atoms with van der Waals surface area (Å²) in [5.41, 5.74) is 1.44. The summed E-state index contributed by atoms with van der Waals surface area (Å²) in [6, 6.07) is 13.6. The van der Waals surface area contributed by atoms with E-state index in [1.54, 1.807) is 0 Å². The zero-order valence-electron chi connectivity index (χ0n) is 12.1.